The molecule has 78 valence electrons. The molecule has 0 amide bonds. The van der Waals surface area contributed by atoms with Crippen molar-refractivity contribution in [3.63, 3.8) is 0 Å². The van der Waals surface area contributed by atoms with E-state index >= 15 is 0 Å². The smallest absolute Gasteiger partial charge is 0.0724 e. The molecule has 1 aromatic heterocycles. The van der Waals surface area contributed by atoms with E-state index in [1.54, 1.807) is 18.6 Å². The van der Waals surface area contributed by atoms with Gasteiger partial charge in [0.05, 0.1) is 5.69 Å². The minimum Gasteiger partial charge on any atom is -0.310 e. The third kappa shape index (κ3) is 4.30. The molecule has 4 heteroatoms. The van der Waals surface area contributed by atoms with E-state index in [9.17, 15) is 0 Å². The monoisotopic (exact) mass is 194 g/mol. The molecule has 0 bridgehead atoms. The van der Waals surface area contributed by atoms with Crippen molar-refractivity contribution >= 4 is 0 Å². The fourth-order valence-electron chi connectivity index (χ4n) is 1.07. The second-order valence-corrected chi connectivity index (χ2v) is 3.27. The molecule has 1 N–H and O–H groups in total. The van der Waals surface area contributed by atoms with Gasteiger partial charge < -0.3 is 10.2 Å². The van der Waals surface area contributed by atoms with Crippen LogP contribution in [0, 0.1) is 0 Å². The Morgan fingerprint density at radius 2 is 2.29 bits per heavy atom. The summed E-state index contributed by atoms with van der Waals surface area (Å²) in [7, 11) is 2.12. The summed E-state index contributed by atoms with van der Waals surface area (Å²) < 4.78 is 0. The van der Waals surface area contributed by atoms with Crippen molar-refractivity contribution in [2.75, 3.05) is 26.7 Å². The number of hydrogen-bond acceptors (Lipinski definition) is 4. The number of nitrogens with one attached hydrogen (secondary N) is 1. The van der Waals surface area contributed by atoms with Crippen LogP contribution in [-0.2, 0) is 6.54 Å². The Hall–Kier alpha value is -1.00. The zero-order valence-electron chi connectivity index (χ0n) is 8.90. The minimum absolute atomic E-state index is 0.797. The van der Waals surface area contributed by atoms with Gasteiger partial charge in [0.15, 0.2) is 0 Å². The number of nitrogens with zero attached hydrogens (tertiary/aromatic N) is 3. The van der Waals surface area contributed by atoms with E-state index in [-0.39, 0.29) is 0 Å². The predicted molar refractivity (Wildman–Crippen MR) is 56.9 cm³/mol. The lowest BCUT2D eigenvalue weighted by Gasteiger charge is -2.13. The summed E-state index contributed by atoms with van der Waals surface area (Å²) in [6, 6.07) is 0. The van der Waals surface area contributed by atoms with Crippen LogP contribution in [0.1, 0.15) is 12.6 Å². The molecule has 4 nitrogen and oxygen atoms in total. The van der Waals surface area contributed by atoms with Crippen LogP contribution in [-0.4, -0.2) is 41.5 Å². The average molecular weight is 194 g/mol. The number of hydrogen-bond donors (Lipinski definition) is 1. The molecular weight excluding hydrogens is 176 g/mol. The molecule has 0 aliphatic heterocycles. The second kappa shape index (κ2) is 6.45. The van der Waals surface area contributed by atoms with E-state index in [4.69, 9.17) is 0 Å². The first kappa shape index (κ1) is 11.1. The summed E-state index contributed by atoms with van der Waals surface area (Å²) in [5, 5.41) is 3.32. The topological polar surface area (TPSA) is 41.0 Å². The first-order chi connectivity index (χ1) is 6.83. The van der Waals surface area contributed by atoms with Gasteiger partial charge >= 0.3 is 0 Å². The van der Waals surface area contributed by atoms with E-state index in [1.807, 2.05) is 0 Å². The van der Waals surface area contributed by atoms with Crippen LogP contribution < -0.4 is 5.32 Å². The molecule has 14 heavy (non-hydrogen) atoms. The SMILES string of the molecule is CCN(C)CCNCc1cnccn1. The van der Waals surface area contributed by atoms with Crippen molar-refractivity contribution in [1.29, 1.82) is 0 Å². The van der Waals surface area contributed by atoms with Crippen LogP contribution in [0.2, 0.25) is 0 Å². The van der Waals surface area contributed by atoms with E-state index in [2.05, 4.69) is 34.2 Å². The van der Waals surface area contributed by atoms with Gasteiger partial charge in [0.2, 0.25) is 0 Å². The van der Waals surface area contributed by atoms with Gasteiger partial charge in [-0.2, -0.15) is 0 Å². The van der Waals surface area contributed by atoms with E-state index in [0.29, 0.717) is 0 Å². The van der Waals surface area contributed by atoms with Crippen molar-refractivity contribution in [2.45, 2.75) is 13.5 Å². The maximum atomic E-state index is 4.18. The molecule has 0 aliphatic rings. The molecule has 0 unspecified atom stereocenters. The fourth-order valence-corrected chi connectivity index (χ4v) is 1.07. The maximum absolute atomic E-state index is 4.18. The normalized spacial score (nSPS) is 10.8. The average Bonchev–Trinajstić information content (AvgIpc) is 2.25. The lowest BCUT2D eigenvalue weighted by atomic mass is 10.4. The van der Waals surface area contributed by atoms with Gasteiger partial charge in [-0.3, -0.25) is 9.97 Å². The van der Waals surface area contributed by atoms with E-state index in [1.165, 1.54) is 0 Å². The highest BCUT2D eigenvalue weighted by Crippen LogP contribution is 1.88. The van der Waals surface area contributed by atoms with Gasteiger partial charge in [-0.15, -0.1) is 0 Å². The van der Waals surface area contributed by atoms with E-state index < -0.39 is 0 Å². The summed E-state index contributed by atoms with van der Waals surface area (Å²) in [5.74, 6) is 0. The van der Waals surface area contributed by atoms with Gasteiger partial charge in [-0.25, -0.2) is 0 Å². The van der Waals surface area contributed by atoms with Crippen molar-refractivity contribution in [3.05, 3.63) is 24.3 Å². The zero-order valence-corrected chi connectivity index (χ0v) is 8.90. The van der Waals surface area contributed by atoms with Gasteiger partial charge in [0.1, 0.15) is 0 Å². The lowest BCUT2D eigenvalue weighted by Crippen LogP contribution is -2.28. The number of rotatable bonds is 6. The Balaban J connectivity index is 2.10. The van der Waals surface area contributed by atoms with Crippen LogP contribution in [0.3, 0.4) is 0 Å². The lowest BCUT2D eigenvalue weighted by molar-refractivity contribution is 0.348. The maximum Gasteiger partial charge on any atom is 0.0724 e. The first-order valence-corrected chi connectivity index (χ1v) is 4.97. The Labute approximate surface area is 85.4 Å². The molecule has 0 atom stereocenters. The molecular formula is C10H18N4. The third-order valence-electron chi connectivity index (χ3n) is 2.13. The minimum atomic E-state index is 0.797. The van der Waals surface area contributed by atoms with E-state index in [0.717, 1.165) is 31.9 Å². The van der Waals surface area contributed by atoms with Gasteiger partial charge in [0, 0.05) is 38.2 Å². The van der Waals surface area contributed by atoms with Crippen molar-refractivity contribution < 1.29 is 0 Å². The molecule has 1 aromatic rings. The fraction of sp³-hybridized carbons (Fsp3) is 0.600. The van der Waals surface area contributed by atoms with Crippen LogP contribution in [0.25, 0.3) is 0 Å². The summed E-state index contributed by atoms with van der Waals surface area (Å²) >= 11 is 0. The summed E-state index contributed by atoms with van der Waals surface area (Å²) in [6.07, 6.45) is 5.19. The quantitative estimate of drug-likeness (QED) is 0.670. The predicted octanol–water partition coefficient (Wildman–Crippen LogP) is 0.518. The Bertz CT molecular complexity index is 237. The molecule has 0 aliphatic carbocycles. The van der Waals surface area contributed by atoms with Crippen LogP contribution >= 0.6 is 0 Å². The van der Waals surface area contributed by atoms with Crippen LogP contribution in [0.5, 0.6) is 0 Å². The van der Waals surface area contributed by atoms with Crippen LogP contribution in [0.15, 0.2) is 18.6 Å². The van der Waals surface area contributed by atoms with Gasteiger partial charge in [-0.1, -0.05) is 6.92 Å². The van der Waals surface area contributed by atoms with Crippen molar-refractivity contribution in [3.8, 4) is 0 Å². The highest BCUT2D eigenvalue weighted by Gasteiger charge is 1.95. The largest absolute Gasteiger partial charge is 0.310 e. The highest BCUT2D eigenvalue weighted by molar-refractivity contribution is 4.93. The third-order valence-corrected chi connectivity index (χ3v) is 2.13. The first-order valence-electron chi connectivity index (χ1n) is 4.97. The Morgan fingerprint density at radius 3 is 2.93 bits per heavy atom. The summed E-state index contributed by atoms with van der Waals surface area (Å²) in [4.78, 5) is 10.4. The molecule has 1 rings (SSSR count). The standard InChI is InChI=1S/C10H18N4/c1-3-14(2)7-6-12-9-10-8-11-4-5-13-10/h4-5,8,12H,3,6-7,9H2,1-2H3. The number of likely N-dealkylation sites (N-methyl/N-ethyl adjacent to an activating group) is 1. The molecule has 0 saturated heterocycles. The molecule has 0 saturated carbocycles. The zero-order chi connectivity index (χ0) is 10.2. The Kier molecular flexibility index (Phi) is 5.11. The van der Waals surface area contributed by atoms with Crippen molar-refractivity contribution in [2.24, 2.45) is 0 Å². The molecule has 0 aromatic carbocycles. The highest BCUT2D eigenvalue weighted by atomic mass is 15.1. The number of aromatic nitrogens is 2. The molecule has 0 radical (unpaired) electrons. The van der Waals surface area contributed by atoms with Gasteiger partial charge in [0.25, 0.3) is 0 Å². The molecule has 0 spiro atoms. The molecule has 1 heterocycles. The van der Waals surface area contributed by atoms with Gasteiger partial charge in [-0.05, 0) is 13.6 Å². The summed E-state index contributed by atoms with van der Waals surface area (Å²) in [5.41, 5.74) is 0.992. The van der Waals surface area contributed by atoms with Crippen molar-refractivity contribution in [1.82, 2.24) is 20.2 Å². The summed E-state index contributed by atoms with van der Waals surface area (Å²) in [6.45, 7) is 6.10. The second-order valence-electron chi connectivity index (χ2n) is 3.27. The molecule has 0 fully saturated rings. The van der Waals surface area contributed by atoms with Crippen LogP contribution in [0.4, 0.5) is 0 Å². The Morgan fingerprint density at radius 1 is 1.43 bits per heavy atom.